The molecule has 2 aromatic carbocycles. The zero-order chi connectivity index (χ0) is 23.6. The summed E-state index contributed by atoms with van der Waals surface area (Å²) < 4.78 is 45.5. The van der Waals surface area contributed by atoms with Crippen molar-refractivity contribution in [2.75, 3.05) is 29.9 Å². The second-order valence-electron chi connectivity index (χ2n) is 8.16. The van der Waals surface area contributed by atoms with Gasteiger partial charge in [0, 0.05) is 49.2 Å². The van der Waals surface area contributed by atoms with Crippen LogP contribution < -0.4 is 10.2 Å². The van der Waals surface area contributed by atoms with Crippen LogP contribution in [0.4, 0.5) is 24.5 Å². The Bertz CT molecular complexity index is 1200. The molecule has 8 heteroatoms. The van der Waals surface area contributed by atoms with Gasteiger partial charge in [0.1, 0.15) is 0 Å². The maximum Gasteiger partial charge on any atom is 0.417 e. The first-order valence-electron chi connectivity index (χ1n) is 10.9. The first-order valence-corrected chi connectivity index (χ1v) is 10.9. The van der Waals surface area contributed by atoms with Crippen LogP contribution in [0.2, 0.25) is 0 Å². The summed E-state index contributed by atoms with van der Waals surface area (Å²) in [7, 11) is 0. The van der Waals surface area contributed by atoms with Crippen LogP contribution in [-0.2, 0) is 17.5 Å². The number of nitrogens with one attached hydrogen (secondary N) is 1. The van der Waals surface area contributed by atoms with Gasteiger partial charge in [-0.2, -0.15) is 18.4 Å². The Labute approximate surface area is 190 Å². The molecule has 0 radical (unpaired) electrons. The lowest BCUT2D eigenvalue weighted by Crippen LogP contribution is -2.23. The molecule has 1 aliphatic rings. The molecule has 1 fully saturated rings. The van der Waals surface area contributed by atoms with Gasteiger partial charge in [-0.1, -0.05) is 0 Å². The van der Waals surface area contributed by atoms with Crippen LogP contribution in [0.5, 0.6) is 0 Å². The highest BCUT2D eigenvalue weighted by Crippen LogP contribution is 2.34. The van der Waals surface area contributed by atoms with Gasteiger partial charge in [0.2, 0.25) is 0 Å². The second kappa shape index (κ2) is 9.28. The minimum Gasteiger partial charge on any atom is -0.381 e. The molecule has 0 saturated carbocycles. The van der Waals surface area contributed by atoms with Crippen LogP contribution in [0.25, 0.3) is 10.9 Å². The first kappa shape index (κ1) is 22.9. The second-order valence-corrected chi connectivity index (χ2v) is 8.16. The van der Waals surface area contributed by atoms with Crippen molar-refractivity contribution >= 4 is 22.3 Å². The number of aryl methyl sites for hydroxylation is 1. The SMILES string of the molecule is CCO[C@H]1CCN(c2ccnc3cc(CNc4ccc(C#N)c(C(F)(F)F)c4)c(C)cc23)C1. The van der Waals surface area contributed by atoms with E-state index in [1.165, 1.54) is 12.1 Å². The Kier molecular flexibility index (Phi) is 6.43. The van der Waals surface area contributed by atoms with E-state index in [1.807, 2.05) is 26.0 Å². The van der Waals surface area contributed by atoms with E-state index in [1.54, 1.807) is 12.3 Å². The molecule has 1 aliphatic heterocycles. The number of fused-ring (bicyclic) bond motifs is 1. The van der Waals surface area contributed by atoms with Gasteiger partial charge in [-0.05, 0) is 67.8 Å². The lowest BCUT2D eigenvalue weighted by Gasteiger charge is -2.21. The Morgan fingerprint density at radius 3 is 2.79 bits per heavy atom. The number of nitrogens with zero attached hydrogens (tertiary/aromatic N) is 3. The maximum absolute atomic E-state index is 13.3. The Morgan fingerprint density at radius 2 is 2.06 bits per heavy atom. The number of benzene rings is 2. The number of ether oxygens (including phenoxy) is 1. The summed E-state index contributed by atoms with van der Waals surface area (Å²) in [6, 6.07) is 11.3. The predicted molar refractivity (Wildman–Crippen MR) is 122 cm³/mol. The molecule has 1 saturated heterocycles. The first-order chi connectivity index (χ1) is 15.8. The molecule has 3 aromatic rings. The normalized spacial score (nSPS) is 16.2. The van der Waals surface area contributed by atoms with E-state index in [0.29, 0.717) is 18.8 Å². The Hall–Kier alpha value is -3.31. The Morgan fingerprint density at radius 1 is 1.24 bits per heavy atom. The van der Waals surface area contributed by atoms with Crippen molar-refractivity contribution in [3.05, 3.63) is 64.8 Å². The molecule has 2 heterocycles. The molecule has 5 nitrogen and oxygen atoms in total. The van der Waals surface area contributed by atoms with Gasteiger partial charge in [0.05, 0.1) is 28.8 Å². The van der Waals surface area contributed by atoms with Crippen LogP contribution in [-0.4, -0.2) is 30.8 Å². The van der Waals surface area contributed by atoms with Crippen molar-refractivity contribution < 1.29 is 17.9 Å². The Balaban J connectivity index is 1.57. The van der Waals surface area contributed by atoms with E-state index in [-0.39, 0.29) is 11.7 Å². The largest absolute Gasteiger partial charge is 0.417 e. The number of halogens is 3. The monoisotopic (exact) mass is 454 g/mol. The van der Waals surface area contributed by atoms with E-state index >= 15 is 0 Å². The standard InChI is InChI=1S/C25H25F3N4O/c1-3-33-20-7-9-32(15-20)24-6-8-30-23-11-18(16(2)10-21(23)24)14-31-19-5-4-17(13-29)22(12-19)25(26,27)28/h4-6,8,10-12,20,31H,3,7,9,14-15H2,1-2H3/t20-/m0/s1. The van der Waals surface area contributed by atoms with Crippen molar-refractivity contribution in [1.29, 1.82) is 5.26 Å². The molecule has 33 heavy (non-hydrogen) atoms. The fraction of sp³-hybridized carbons (Fsp3) is 0.360. The molecular weight excluding hydrogens is 429 g/mol. The van der Waals surface area contributed by atoms with Gasteiger partial charge in [0.25, 0.3) is 0 Å². The molecule has 0 amide bonds. The van der Waals surface area contributed by atoms with Crippen LogP contribution in [0.3, 0.4) is 0 Å². The summed E-state index contributed by atoms with van der Waals surface area (Å²) in [5, 5.41) is 13.1. The van der Waals surface area contributed by atoms with Crippen LogP contribution in [0.15, 0.2) is 42.6 Å². The summed E-state index contributed by atoms with van der Waals surface area (Å²) in [5.74, 6) is 0. The van der Waals surface area contributed by atoms with E-state index in [2.05, 4.69) is 21.3 Å². The third kappa shape index (κ3) is 4.88. The van der Waals surface area contributed by atoms with Gasteiger partial charge in [0.15, 0.2) is 0 Å². The van der Waals surface area contributed by atoms with Crippen molar-refractivity contribution in [1.82, 2.24) is 4.98 Å². The number of alkyl halides is 3. The number of aromatic nitrogens is 1. The smallest absolute Gasteiger partial charge is 0.381 e. The summed E-state index contributed by atoms with van der Waals surface area (Å²) in [6.07, 6.45) is -1.58. The number of hydrogen-bond acceptors (Lipinski definition) is 5. The predicted octanol–water partition coefficient (Wildman–Crippen LogP) is 5.66. The number of anilines is 2. The summed E-state index contributed by atoms with van der Waals surface area (Å²) >= 11 is 0. The average molecular weight is 454 g/mol. The molecular formula is C25H25F3N4O. The fourth-order valence-corrected chi connectivity index (χ4v) is 4.30. The zero-order valence-corrected chi connectivity index (χ0v) is 18.5. The lowest BCUT2D eigenvalue weighted by atomic mass is 10.0. The van der Waals surface area contributed by atoms with E-state index in [9.17, 15) is 13.2 Å². The van der Waals surface area contributed by atoms with Gasteiger partial charge in [-0.3, -0.25) is 4.98 Å². The van der Waals surface area contributed by atoms with Gasteiger partial charge >= 0.3 is 6.18 Å². The fourth-order valence-electron chi connectivity index (χ4n) is 4.30. The number of hydrogen-bond donors (Lipinski definition) is 1. The van der Waals surface area contributed by atoms with Crippen molar-refractivity contribution in [2.24, 2.45) is 0 Å². The molecule has 1 aromatic heterocycles. The van der Waals surface area contributed by atoms with Crippen molar-refractivity contribution in [3.63, 3.8) is 0 Å². The molecule has 0 spiro atoms. The van der Waals surface area contributed by atoms with Gasteiger partial charge in [-0.25, -0.2) is 0 Å². The minimum absolute atomic E-state index is 0.233. The molecule has 1 N–H and O–H groups in total. The van der Waals surface area contributed by atoms with Gasteiger partial charge in [-0.15, -0.1) is 0 Å². The summed E-state index contributed by atoms with van der Waals surface area (Å²) in [6.45, 7) is 6.80. The van der Waals surface area contributed by atoms with Crippen LogP contribution in [0.1, 0.15) is 35.6 Å². The topological polar surface area (TPSA) is 61.2 Å². The minimum atomic E-state index is -4.58. The van der Waals surface area contributed by atoms with E-state index < -0.39 is 11.7 Å². The summed E-state index contributed by atoms with van der Waals surface area (Å²) in [5.41, 5.74) is 2.90. The summed E-state index contributed by atoms with van der Waals surface area (Å²) in [4.78, 5) is 6.84. The molecule has 0 unspecified atom stereocenters. The average Bonchev–Trinajstić information content (AvgIpc) is 3.25. The molecule has 1 atom stereocenters. The molecule has 0 aliphatic carbocycles. The maximum atomic E-state index is 13.3. The number of nitriles is 1. The lowest BCUT2D eigenvalue weighted by molar-refractivity contribution is -0.137. The number of rotatable bonds is 6. The van der Waals surface area contributed by atoms with Crippen molar-refractivity contribution in [3.8, 4) is 6.07 Å². The third-order valence-corrected chi connectivity index (χ3v) is 5.99. The molecule has 172 valence electrons. The van der Waals surface area contributed by atoms with Crippen LogP contribution >= 0.6 is 0 Å². The van der Waals surface area contributed by atoms with Crippen molar-refractivity contribution in [2.45, 2.75) is 39.1 Å². The van der Waals surface area contributed by atoms with Gasteiger partial charge < -0.3 is 15.0 Å². The molecule has 0 bridgehead atoms. The van der Waals surface area contributed by atoms with Crippen LogP contribution in [0, 0.1) is 18.3 Å². The van der Waals surface area contributed by atoms with E-state index in [0.717, 1.165) is 53.3 Å². The number of pyridine rings is 1. The zero-order valence-electron chi connectivity index (χ0n) is 18.5. The quantitative estimate of drug-likeness (QED) is 0.521. The highest BCUT2D eigenvalue weighted by atomic mass is 19.4. The third-order valence-electron chi connectivity index (χ3n) is 5.99. The highest BCUT2D eigenvalue weighted by molar-refractivity contribution is 5.92. The highest BCUT2D eigenvalue weighted by Gasteiger charge is 2.33. The van der Waals surface area contributed by atoms with E-state index in [4.69, 9.17) is 10.00 Å². The molecule has 4 rings (SSSR count).